The standard InChI is InChI=1S/C18H28N2O3/c1-19-12-15-5-4-8-20(13-15)18(21)7-6-14-9-16(22-2)11-17(10-14)23-3/h9-11,15,19H,4-8,12-13H2,1-3H3. The maximum absolute atomic E-state index is 12.5. The second-order valence-electron chi connectivity index (χ2n) is 6.13. The van der Waals surface area contributed by atoms with E-state index in [1.54, 1.807) is 14.2 Å². The lowest BCUT2D eigenvalue weighted by atomic mass is 9.97. The van der Waals surface area contributed by atoms with E-state index in [0.29, 0.717) is 18.8 Å². The van der Waals surface area contributed by atoms with Crippen molar-refractivity contribution in [1.29, 1.82) is 0 Å². The molecule has 5 nitrogen and oxygen atoms in total. The molecule has 0 aliphatic carbocycles. The number of hydrogen-bond donors (Lipinski definition) is 1. The van der Waals surface area contributed by atoms with Gasteiger partial charge in [0.2, 0.25) is 5.91 Å². The van der Waals surface area contributed by atoms with Gasteiger partial charge in [0.15, 0.2) is 0 Å². The molecule has 128 valence electrons. The quantitative estimate of drug-likeness (QED) is 0.836. The van der Waals surface area contributed by atoms with Crippen LogP contribution < -0.4 is 14.8 Å². The van der Waals surface area contributed by atoms with Crippen LogP contribution >= 0.6 is 0 Å². The topological polar surface area (TPSA) is 50.8 Å². The van der Waals surface area contributed by atoms with Crippen molar-refractivity contribution in [2.45, 2.75) is 25.7 Å². The number of methoxy groups -OCH3 is 2. The molecule has 1 fully saturated rings. The van der Waals surface area contributed by atoms with Gasteiger partial charge in [-0.3, -0.25) is 4.79 Å². The zero-order chi connectivity index (χ0) is 16.7. The lowest BCUT2D eigenvalue weighted by Gasteiger charge is -2.32. The molecule has 2 rings (SSSR count). The maximum Gasteiger partial charge on any atom is 0.222 e. The largest absolute Gasteiger partial charge is 0.497 e. The van der Waals surface area contributed by atoms with Crippen LogP contribution in [0.1, 0.15) is 24.8 Å². The second kappa shape index (κ2) is 8.77. The molecule has 0 aromatic heterocycles. The molecule has 1 saturated heterocycles. The number of carbonyl (C=O) groups excluding carboxylic acids is 1. The number of hydrogen-bond acceptors (Lipinski definition) is 4. The maximum atomic E-state index is 12.5. The molecule has 23 heavy (non-hydrogen) atoms. The number of amides is 1. The third kappa shape index (κ3) is 5.13. The number of aryl methyl sites for hydroxylation is 1. The van der Waals surface area contributed by atoms with Crippen molar-refractivity contribution in [2.75, 3.05) is 40.9 Å². The number of nitrogens with zero attached hydrogens (tertiary/aromatic N) is 1. The van der Waals surface area contributed by atoms with Gasteiger partial charge in [-0.2, -0.15) is 0 Å². The Morgan fingerprint density at radius 1 is 1.26 bits per heavy atom. The third-order valence-corrected chi connectivity index (χ3v) is 4.40. The summed E-state index contributed by atoms with van der Waals surface area (Å²) in [7, 11) is 5.25. The van der Waals surface area contributed by atoms with Crippen molar-refractivity contribution in [2.24, 2.45) is 5.92 Å². The molecule has 1 aliphatic rings. The average Bonchev–Trinajstić information content (AvgIpc) is 2.59. The molecule has 0 saturated carbocycles. The van der Waals surface area contributed by atoms with Crippen molar-refractivity contribution >= 4 is 5.91 Å². The fourth-order valence-corrected chi connectivity index (χ4v) is 3.17. The van der Waals surface area contributed by atoms with Crippen LogP contribution in [0.4, 0.5) is 0 Å². The summed E-state index contributed by atoms with van der Waals surface area (Å²) < 4.78 is 10.6. The molecule has 1 aromatic rings. The number of carbonyl (C=O) groups is 1. The predicted molar refractivity (Wildman–Crippen MR) is 91.1 cm³/mol. The van der Waals surface area contributed by atoms with Gasteiger partial charge in [-0.25, -0.2) is 0 Å². The smallest absolute Gasteiger partial charge is 0.222 e. The Labute approximate surface area is 139 Å². The molecule has 1 atom stereocenters. The Balaban J connectivity index is 1.91. The summed E-state index contributed by atoms with van der Waals surface area (Å²) in [5.41, 5.74) is 1.07. The Bertz CT molecular complexity index is 495. The minimum absolute atomic E-state index is 0.243. The molecule has 1 amide bonds. The minimum Gasteiger partial charge on any atom is -0.497 e. The fraction of sp³-hybridized carbons (Fsp3) is 0.611. The molecular weight excluding hydrogens is 292 g/mol. The van der Waals surface area contributed by atoms with Gasteiger partial charge in [0.25, 0.3) is 0 Å². The van der Waals surface area contributed by atoms with Crippen LogP contribution in [0.15, 0.2) is 18.2 Å². The van der Waals surface area contributed by atoms with E-state index in [1.165, 1.54) is 6.42 Å². The second-order valence-corrected chi connectivity index (χ2v) is 6.13. The van der Waals surface area contributed by atoms with Gasteiger partial charge >= 0.3 is 0 Å². The van der Waals surface area contributed by atoms with Crippen molar-refractivity contribution in [3.8, 4) is 11.5 Å². The number of ether oxygens (including phenoxy) is 2. The van der Waals surface area contributed by atoms with Gasteiger partial charge in [0, 0.05) is 25.6 Å². The van der Waals surface area contributed by atoms with E-state index in [0.717, 1.165) is 43.1 Å². The van der Waals surface area contributed by atoms with Crippen LogP contribution in [0.2, 0.25) is 0 Å². The predicted octanol–water partition coefficient (Wildman–Crippen LogP) is 2.09. The number of rotatable bonds is 7. The van der Waals surface area contributed by atoms with E-state index in [9.17, 15) is 4.79 Å². The summed E-state index contributed by atoms with van der Waals surface area (Å²) in [5, 5.41) is 3.21. The normalized spacial score (nSPS) is 17.9. The van der Waals surface area contributed by atoms with Gasteiger partial charge in [0.1, 0.15) is 11.5 Å². The number of piperidine rings is 1. The van der Waals surface area contributed by atoms with Crippen LogP contribution in [-0.2, 0) is 11.2 Å². The molecule has 0 radical (unpaired) electrons. The molecule has 5 heteroatoms. The third-order valence-electron chi connectivity index (χ3n) is 4.40. The zero-order valence-electron chi connectivity index (χ0n) is 14.4. The SMILES string of the molecule is CNCC1CCCN(C(=O)CCc2cc(OC)cc(OC)c2)C1. The lowest BCUT2D eigenvalue weighted by Crippen LogP contribution is -2.42. The van der Waals surface area contributed by atoms with Crippen LogP contribution in [0.5, 0.6) is 11.5 Å². The first-order valence-corrected chi connectivity index (χ1v) is 8.30. The summed E-state index contributed by atoms with van der Waals surface area (Å²) in [6.45, 7) is 2.75. The highest BCUT2D eigenvalue weighted by molar-refractivity contribution is 5.76. The van der Waals surface area contributed by atoms with Crippen molar-refractivity contribution in [3.63, 3.8) is 0 Å². The van der Waals surface area contributed by atoms with Gasteiger partial charge in [-0.05, 0) is 56.5 Å². The van der Waals surface area contributed by atoms with Gasteiger partial charge < -0.3 is 19.7 Å². The van der Waals surface area contributed by atoms with Crippen LogP contribution in [0, 0.1) is 5.92 Å². The highest BCUT2D eigenvalue weighted by Crippen LogP contribution is 2.24. The van der Waals surface area contributed by atoms with Gasteiger partial charge in [0.05, 0.1) is 14.2 Å². The highest BCUT2D eigenvalue weighted by atomic mass is 16.5. The van der Waals surface area contributed by atoms with Crippen molar-refractivity contribution in [3.05, 3.63) is 23.8 Å². The summed E-state index contributed by atoms with van der Waals surface area (Å²) in [6, 6.07) is 5.78. The minimum atomic E-state index is 0.243. The van der Waals surface area contributed by atoms with Gasteiger partial charge in [-0.1, -0.05) is 0 Å². The van der Waals surface area contributed by atoms with Gasteiger partial charge in [-0.15, -0.1) is 0 Å². The zero-order valence-corrected chi connectivity index (χ0v) is 14.4. The number of nitrogens with one attached hydrogen (secondary N) is 1. The first-order valence-electron chi connectivity index (χ1n) is 8.30. The van der Waals surface area contributed by atoms with Crippen LogP contribution in [-0.4, -0.2) is 51.7 Å². The van der Waals surface area contributed by atoms with Crippen molar-refractivity contribution in [1.82, 2.24) is 10.2 Å². The van der Waals surface area contributed by atoms with Crippen LogP contribution in [0.25, 0.3) is 0 Å². The summed E-state index contributed by atoms with van der Waals surface area (Å²) in [5.74, 6) is 2.35. The summed E-state index contributed by atoms with van der Waals surface area (Å²) in [4.78, 5) is 14.5. The summed E-state index contributed by atoms with van der Waals surface area (Å²) in [6.07, 6.45) is 3.55. The molecule has 1 aliphatic heterocycles. The fourth-order valence-electron chi connectivity index (χ4n) is 3.17. The first-order chi connectivity index (χ1) is 11.2. The number of benzene rings is 1. The van der Waals surface area contributed by atoms with Crippen LogP contribution in [0.3, 0.4) is 0 Å². The van der Waals surface area contributed by atoms with E-state index in [2.05, 4.69) is 5.32 Å². The average molecular weight is 320 g/mol. The molecule has 1 aromatic carbocycles. The first kappa shape index (κ1) is 17.6. The van der Waals surface area contributed by atoms with E-state index in [1.807, 2.05) is 30.1 Å². The lowest BCUT2D eigenvalue weighted by molar-refractivity contribution is -0.132. The monoisotopic (exact) mass is 320 g/mol. The molecule has 1 heterocycles. The Morgan fingerprint density at radius 2 is 1.96 bits per heavy atom. The molecule has 1 unspecified atom stereocenters. The molecule has 0 bridgehead atoms. The highest BCUT2D eigenvalue weighted by Gasteiger charge is 2.22. The molecular formula is C18H28N2O3. The van der Waals surface area contributed by atoms with E-state index in [4.69, 9.17) is 9.47 Å². The summed E-state index contributed by atoms with van der Waals surface area (Å²) >= 11 is 0. The Morgan fingerprint density at radius 3 is 2.57 bits per heavy atom. The number of likely N-dealkylation sites (tertiary alicyclic amines) is 1. The van der Waals surface area contributed by atoms with E-state index in [-0.39, 0.29) is 5.91 Å². The molecule has 1 N–H and O–H groups in total. The van der Waals surface area contributed by atoms with Crippen molar-refractivity contribution < 1.29 is 14.3 Å². The Kier molecular flexibility index (Phi) is 6.71. The van der Waals surface area contributed by atoms with E-state index < -0.39 is 0 Å². The van der Waals surface area contributed by atoms with E-state index >= 15 is 0 Å². The molecule has 0 spiro atoms. The Hall–Kier alpha value is -1.75.